The minimum Gasteiger partial charge on any atom is -0.497 e. The van der Waals surface area contributed by atoms with Crippen LogP contribution in [0.2, 0.25) is 0 Å². The van der Waals surface area contributed by atoms with Gasteiger partial charge in [-0.2, -0.15) is 26.3 Å². The van der Waals surface area contributed by atoms with Crippen LogP contribution in [0.3, 0.4) is 0 Å². The first-order chi connectivity index (χ1) is 15.0. The Labute approximate surface area is 180 Å². The van der Waals surface area contributed by atoms with Gasteiger partial charge in [-0.25, -0.2) is 0 Å². The lowest BCUT2D eigenvalue weighted by molar-refractivity contribution is -0.142. The molecule has 0 bridgehead atoms. The predicted molar refractivity (Wildman–Crippen MR) is 109 cm³/mol. The number of hydrogen-bond acceptors (Lipinski definition) is 3. The van der Waals surface area contributed by atoms with Crippen molar-refractivity contribution in [1.29, 1.82) is 0 Å². The Hall–Kier alpha value is -2.88. The third-order valence-electron chi connectivity index (χ3n) is 5.16. The fourth-order valence-electron chi connectivity index (χ4n) is 3.68. The number of fused-ring (bicyclic) bond motifs is 1. The van der Waals surface area contributed by atoms with Gasteiger partial charge in [-0.3, -0.25) is 0 Å². The van der Waals surface area contributed by atoms with Crippen LogP contribution in [0.5, 0.6) is 11.5 Å². The zero-order valence-corrected chi connectivity index (χ0v) is 17.4. The van der Waals surface area contributed by atoms with Crippen LogP contribution in [0, 0.1) is 0 Å². The summed E-state index contributed by atoms with van der Waals surface area (Å²) in [7, 11) is 2.84. The normalized spacial score (nSPS) is 12.4. The van der Waals surface area contributed by atoms with Gasteiger partial charge in [0.15, 0.2) is 0 Å². The SMILES string of the molecule is COc1cc(OC)cc(-c2[nH]c3cc(C(F)(F)F)cc(C(F)(F)F)c3c2CCCCN)c1. The molecule has 2 aromatic carbocycles. The summed E-state index contributed by atoms with van der Waals surface area (Å²) in [4.78, 5) is 2.79. The smallest absolute Gasteiger partial charge is 0.417 e. The Balaban J connectivity index is 2.37. The van der Waals surface area contributed by atoms with Crippen molar-refractivity contribution in [2.75, 3.05) is 20.8 Å². The highest BCUT2D eigenvalue weighted by molar-refractivity contribution is 5.94. The molecule has 10 heteroatoms. The molecule has 0 unspecified atom stereocenters. The summed E-state index contributed by atoms with van der Waals surface area (Å²) in [6.45, 7) is 0.342. The monoisotopic (exact) mass is 460 g/mol. The maximum atomic E-state index is 13.9. The van der Waals surface area contributed by atoms with Crippen molar-refractivity contribution in [3.8, 4) is 22.8 Å². The van der Waals surface area contributed by atoms with Gasteiger partial charge in [-0.1, -0.05) is 0 Å². The molecule has 0 spiro atoms. The van der Waals surface area contributed by atoms with Gasteiger partial charge < -0.3 is 20.2 Å². The van der Waals surface area contributed by atoms with E-state index in [9.17, 15) is 26.3 Å². The number of rotatable bonds is 7. The highest BCUT2D eigenvalue weighted by atomic mass is 19.4. The summed E-state index contributed by atoms with van der Waals surface area (Å²) in [5.41, 5.74) is 3.56. The molecule has 0 atom stereocenters. The molecule has 0 aliphatic rings. The fourth-order valence-corrected chi connectivity index (χ4v) is 3.68. The number of benzene rings is 2. The molecule has 0 aliphatic heterocycles. The molecule has 3 aromatic rings. The van der Waals surface area contributed by atoms with E-state index < -0.39 is 23.5 Å². The Morgan fingerprint density at radius 1 is 0.844 bits per heavy atom. The first-order valence-electron chi connectivity index (χ1n) is 9.76. The highest BCUT2D eigenvalue weighted by Gasteiger charge is 2.39. The molecule has 0 aliphatic carbocycles. The zero-order valence-electron chi connectivity index (χ0n) is 17.4. The second-order valence-electron chi connectivity index (χ2n) is 7.27. The first kappa shape index (κ1) is 23.8. The number of halogens is 6. The van der Waals surface area contributed by atoms with Gasteiger partial charge in [0.1, 0.15) is 11.5 Å². The Morgan fingerprint density at radius 2 is 1.47 bits per heavy atom. The van der Waals surface area contributed by atoms with Gasteiger partial charge in [0.25, 0.3) is 0 Å². The third-order valence-corrected chi connectivity index (χ3v) is 5.16. The standard InChI is InChI=1S/C22H22F6N2O2/c1-31-14-7-12(8-15(11-14)32-2)20-16(5-3-4-6-29)19-17(22(26,27)28)9-13(21(23,24)25)10-18(19)30-20/h7-11,30H,3-6,29H2,1-2H3. The van der Waals surface area contributed by atoms with Crippen LogP contribution >= 0.6 is 0 Å². The van der Waals surface area contributed by atoms with Crippen molar-refractivity contribution >= 4 is 10.9 Å². The van der Waals surface area contributed by atoms with Gasteiger partial charge in [0, 0.05) is 28.2 Å². The molecule has 3 rings (SSSR count). The molecule has 0 fully saturated rings. The number of aromatic nitrogens is 1. The predicted octanol–water partition coefficient (Wildman–Crippen LogP) is 6.17. The van der Waals surface area contributed by atoms with Crippen LogP contribution in [0.4, 0.5) is 26.3 Å². The number of methoxy groups -OCH3 is 2. The fraction of sp³-hybridized carbons (Fsp3) is 0.364. The van der Waals surface area contributed by atoms with Crippen LogP contribution in [-0.2, 0) is 18.8 Å². The number of unbranched alkanes of at least 4 members (excludes halogenated alkanes) is 1. The van der Waals surface area contributed by atoms with Gasteiger partial charge in [-0.05, 0) is 55.6 Å². The van der Waals surface area contributed by atoms with E-state index in [1.54, 1.807) is 18.2 Å². The molecular formula is C22H22F6N2O2. The molecular weight excluding hydrogens is 438 g/mol. The molecule has 0 saturated carbocycles. The van der Waals surface area contributed by atoms with Crippen molar-refractivity contribution in [2.45, 2.75) is 31.6 Å². The lowest BCUT2D eigenvalue weighted by atomic mass is 9.95. The quantitative estimate of drug-likeness (QED) is 0.327. The molecule has 174 valence electrons. The lowest BCUT2D eigenvalue weighted by Crippen LogP contribution is -2.11. The molecule has 0 radical (unpaired) electrons. The number of aryl methyl sites for hydroxylation is 1. The van der Waals surface area contributed by atoms with Crippen LogP contribution in [0.1, 0.15) is 29.5 Å². The van der Waals surface area contributed by atoms with E-state index >= 15 is 0 Å². The van der Waals surface area contributed by atoms with Crippen LogP contribution < -0.4 is 15.2 Å². The van der Waals surface area contributed by atoms with E-state index in [2.05, 4.69) is 4.98 Å². The van der Waals surface area contributed by atoms with E-state index in [1.807, 2.05) is 0 Å². The van der Waals surface area contributed by atoms with E-state index in [1.165, 1.54) is 14.2 Å². The molecule has 3 N–H and O–H groups in total. The average molecular weight is 460 g/mol. The summed E-state index contributed by atoms with van der Waals surface area (Å²) in [5.74, 6) is 0.774. The summed E-state index contributed by atoms with van der Waals surface area (Å²) < 4.78 is 92.1. The number of nitrogens with one attached hydrogen (secondary N) is 1. The number of aromatic amines is 1. The van der Waals surface area contributed by atoms with E-state index in [0.29, 0.717) is 42.5 Å². The maximum Gasteiger partial charge on any atom is 0.417 e. The molecule has 32 heavy (non-hydrogen) atoms. The molecule has 4 nitrogen and oxygen atoms in total. The van der Waals surface area contributed by atoms with E-state index in [-0.39, 0.29) is 34.6 Å². The number of hydrogen-bond donors (Lipinski definition) is 2. The minimum absolute atomic E-state index is 0.165. The summed E-state index contributed by atoms with van der Waals surface area (Å²) in [6, 6.07) is 5.62. The maximum absolute atomic E-state index is 13.9. The summed E-state index contributed by atoms with van der Waals surface area (Å²) in [5, 5.41) is -0.278. The molecule has 0 saturated heterocycles. The minimum atomic E-state index is -4.98. The average Bonchev–Trinajstić information content (AvgIpc) is 3.10. The van der Waals surface area contributed by atoms with Crippen molar-refractivity contribution < 1.29 is 35.8 Å². The number of ether oxygens (including phenoxy) is 2. The number of nitrogens with two attached hydrogens (primary N) is 1. The van der Waals surface area contributed by atoms with Crippen LogP contribution in [0.25, 0.3) is 22.2 Å². The highest BCUT2D eigenvalue weighted by Crippen LogP contribution is 2.44. The largest absolute Gasteiger partial charge is 0.497 e. The van der Waals surface area contributed by atoms with E-state index in [0.717, 1.165) is 0 Å². The van der Waals surface area contributed by atoms with Crippen LogP contribution in [-0.4, -0.2) is 25.7 Å². The van der Waals surface area contributed by atoms with Crippen molar-refractivity contribution in [1.82, 2.24) is 4.98 Å². The van der Waals surface area contributed by atoms with Gasteiger partial charge in [-0.15, -0.1) is 0 Å². The van der Waals surface area contributed by atoms with Crippen LogP contribution in [0.15, 0.2) is 30.3 Å². The Morgan fingerprint density at radius 3 is 1.97 bits per heavy atom. The van der Waals surface area contributed by atoms with Crippen molar-refractivity contribution in [3.63, 3.8) is 0 Å². The third kappa shape index (κ3) is 4.79. The van der Waals surface area contributed by atoms with Crippen molar-refractivity contribution in [2.24, 2.45) is 5.73 Å². The number of alkyl halides is 6. The molecule has 1 aromatic heterocycles. The van der Waals surface area contributed by atoms with Gasteiger partial charge >= 0.3 is 12.4 Å². The lowest BCUT2D eigenvalue weighted by Gasteiger charge is -2.14. The second-order valence-corrected chi connectivity index (χ2v) is 7.27. The van der Waals surface area contributed by atoms with Crippen molar-refractivity contribution in [3.05, 3.63) is 47.0 Å². The molecule has 1 heterocycles. The summed E-state index contributed by atoms with van der Waals surface area (Å²) in [6.07, 6.45) is -8.70. The van der Waals surface area contributed by atoms with Gasteiger partial charge in [0.05, 0.1) is 25.3 Å². The number of H-pyrrole nitrogens is 1. The Kier molecular flexibility index (Phi) is 6.64. The Bertz CT molecular complexity index is 1080. The topological polar surface area (TPSA) is 60.3 Å². The second kappa shape index (κ2) is 8.93. The summed E-state index contributed by atoms with van der Waals surface area (Å²) >= 11 is 0. The molecule has 0 amide bonds. The van der Waals surface area contributed by atoms with Gasteiger partial charge in [0.2, 0.25) is 0 Å². The zero-order chi connectivity index (χ0) is 23.7. The first-order valence-corrected chi connectivity index (χ1v) is 9.76. The van der Waals surface area contributed by atoms with E-state index in [4.69, 9.17) is 15.2 Å².